The van der Waals surface area contributed by atoms with E-state index >= 15 is 0 Å². The molecule has 0 heterocycles. The molecule has 7 heteroatoms. The Morgan fingerprint density at radius 1 is 1.50 bits per heavy atom. The van der Waals surface area contributed by atoms with Crippen LogP contribution < -0.4 is 11.2 Å². The highest BCUT2D eigenvalue weighted by Gasteiger charge is 2.26. The van der Waals surface area contributed by atoms with E-state index in [0.717, 1.165) is 0 Å². The molecule has 0 unspecified atom stereocenters. The Labute approximate surface area is 80.2 Å². The van der Waals surface area contributed by atoms with E-state index < -0.39 is 18.6 Å². The number of alkyl halides is 3. The Kier molecular flexibility index (Phi) is 5.47. The van der Waals surface area contributed by atoms with Crippen LogP contribution >= 0.6 is 0 Å². The molecule has 0 aliphatic rings. The minimum absolute atomic E-state index is 0.179. The average Bonchev–Trinajstić information content (AvgIpc) is 1.99. The van der Waals surface area contributed by atoms with Crippen molar-refractivity contribution >= 4 is 5.91 Å². The third-order valence-corrected chi connectivity index (χ3v) is 1.47. The zero-order valence-corrected chi connectivity index (χ0v) is 7.90. The molecule has 0 radical (unpaired) electrons. The van der Waals surface area contributed by atoms with E-state index in [2.05, 4.69) is 5.43 Å². The lowest BCUT2D eigenvalue weighted by molar-refractivity contribution is -0.133. The van der Waals surface area contributed by atoms with E-state index in [1.54, 1.807) is 0 Å². The van der Waals surface area contributed by atoms with Gasteiger partial charge in [-0.1, -0.05) is 0 Å². The number of amides is 1. The van der Waals surface area contributed by atoms with Gasteiger partial charge >= 0.3 is 6.18 Å². The van der Waals surface area contributed by atoms with Crippen LogP contribution in [0, 0.1) is 0 Å². The summed E-state index contributed by atoms with van der Waals surface area (Å²) in [4.78, 5) is 10.3. The van der Waals surface area contributed by atoms with Crippen molar-refractivity contribution in [2.45, 2.75) is 19.0 Å². The standard InChI is InChI=1S/C7H14F3N3O/c1-13(4-2-3-6(11)14)12-5-7(8,9)10/h12H,2-5H2,1H3,(H2,11,14). The van der Waals surface area contributed by atoms with Crippen LogP contribution in [0.2, 0.25) is 0 Å². The minimum atomic E-state index is -4.22. The molecule has 0 atom stereocenters. The molecule has 14 heavy (non-hydrogen) atoms. The first-order valence-corrected chi connectivity index (χ1v) is 4.11. The third kappa shape index (κ3) is 9.27. The molecule has 0 aromatic carbocycles. The fraction of sp³-hybridized carbons (Fsp3) is 0.857. The van der Waals surface area contributed by atoms with Crippen LogP contribution in [0.5, 0.6) is 0 Å². The smallest absolute Gasteiger partial charge is 0.370 e. The molecule has 0 saturated heterocycles. The van der Waals surface area contributed by atoms with Gasteiger partial charge in [0.2, 0.25) is 5.91 Å². The Balaban J connectivity index is 3.46. The Bertz CT molecular complexity index is 184. The molecule has 0 aliphatic carbocycles. The van der Waals surface area contributed by atoms with Crippen LogP contribution in [0.15, 0.2) is 0 Å². The summed E-state index contributed by atoms with van der Waals surface area (Å²) in [6, 6.07) is 0. The van der Waals surface area contributed by atoms with E-state index in [1.807, 2.05) is 0 Å². The molecular formula is C7H14F3N3O. The normalized spacial score (nSPS) is 12.1. The third-order valence-electron chi connectivity index (χ3n) is 1.47. The highest BCUT2D eigenvalue weighted by Crippen LogP contribution is 2.12. The second-order valence-electron chi connectivity index (χ2n) is 2.94. The Morgan fingerprint density at radius 3 is 2.50 bits per heavy atom. The predicted octanol–water partition coefficient (Wildman–Crippen LogP) is 0.251. The molecule has 1 amide bonds. The van der Waals surface area contributed by atoms with Gasteiger partial charge in [0.05, 0.1) is 0 Å². The zero-order valence-electron chi connectivity index (χ0n) is 7.90. The van der Waals surface area contributed by atoms with Crippen molar-refractivity contribution in [3.8, 4) is 0 Å². The van der Waals surface area contributed by atoms with Crippen LogP contribution in [0.4, 0.5) is 13.2 Å². The number of nitrogens with one attached hydrogen (secondary N) is 1. The van der Waals surface area contributed by atoms with Gasteiger partial charge in [-0.25, -0.2) is 10.4 Å². The van der Waals surface area contributed by atoms with E-state index in [0.29, 0.717) is 13.0 Å². The van der Waals surface area contributed by atoms with Gasteiger partial charge in [0.1, 0.15) is 6.54 Å². The molecule has 4 nitrogen and oxygen atoms in total. The highest BCUT2D eigenvalue weighted by molar-refractivity contribution is 5.73. The maximum Gasteiger partial charge on any atom is 0.402 e. The number of nitrogens with two attached hydrogens (primary N) is 1. The lowest BCUT2D eigenvalue weighted by atomic mass is 10.3. The summed E-state index contributed by atoms with van der Waals surface area (Å²) in [6.07, 6.45) is -3.60. The van der Waals surface area contributed by atoms with Crippen LogP contribution in [0.3, 0.4) is 0 Å². The number of nitrogens with zero attached hydrogens (tertiary/aromatic N) is 1. The molecule has 0 aromatic heterocycles. The van der Waals surface area contributed by atoms with Gasteiger partial charge in [-0.05, 0) is 6.42 Å². The maximum absolute atomic E-state index is 11.7. The van der Waals surface area contributed by atoms with Gasteiger partial charge in [-0.15, -0.1) is 0 Å². The number of hydrazine groups is 1. The predicted molar refractivity (Wildman–Crippen MR) is 45.1 cm³/mol. The summed E-state index contributed by atoms with van der Waals surface area (Å²) >= 11 is 0. The molecule has 84 valence electrons. The fourth-order valence-corrected chi connectivity index (χ4v) is 0.794. The average molecular weight is 213 g/mol. The highest BCUT2D eigenvalue weighted by atomic mass is 19.4. The van der Waals surface area contributed by atoms with Gasteiger partial charge in [-0.2, -0.15) is 13.2 Å². The summed E-state index contributed by atoms with van der Waals surface area (Å²) in [5, 5.41) is 1.29. The topological polar surface area (TPSA) is 58.4 Å². The van der Waals surface area contributed by atoms with Crippen molar-refractivity contribution in [2.75, 3.05) is 20.1 Å². The van der Waals surface area contributed by atoms with E-state index in [-0.39, 0.29) is 6.42 Å². The van der Waals surface area contributed by atoms with E-state index in [4.69, 9.17) is 5.73 Å². The van der Waals surface area contributed by atoms with Crippen LogP contribution in [-0.4, -0.2) is 37.2 Å². The van der Waals surface area contributed by atoms with E-state index in [9.17, 15) is 18.0 Å². The Morgan fingerprint density at radius 2 is 2.07 bits per heavy atom. The summed E-state index contributed by atoms with van der Waals surface area (Å²) in [6.45, 7) is -0.723. The van der Waals surface area contributed by atoms with Crippen molar-refractivity contribution in [3.63, 3.8) is 0 Å². The zero-order chi connectivity index (χ0) is 11.2. The number of carbonyl (C=O) groups excluding carboxylic acids is 1. The molecular weight excluding hydrogens is 199 g/mol. The van der Waals surface area contributed by atoms with Crippen molar-refractivity contribution in [2.24, 2.45) is 5.73 Å². The van der Waals surface area contributed by atoms with Gasteiger partial charge < -0.3 is 5.73 Å². The molecule has 0 spiro atoms. The number of halogens is 3. The number of hydrogen-bond acceptors (Lipinski definition) is 3. The lowest BCUT2D eigenvalue weighted by Gasteiger charge is -2.18. The molecule has 0 saturated carbocycles. The molecule has 0 bridgehead atoms. The number of primary amides is 1. The van der Waals surface area contributed by atoms with Crippen molar-refractivity contribution in [1.82, 2.24) is 10.4 Å². The first kappa shape index (κ1) is 13.2. The van der Waals surface area contributed by atoms with Crippen molar-refractivity contribution in [3.05, 3.63) is 0 Å². The number of rotatable bonds is 6. The Hall–Kier alpha value is -0.820. The van der Waals surface area contributed by atoms with Crippen LogP contribution in [0.25, 0.3) is 0 Å². The SMILES string of the molecule is CN(CCCC(N)=O)NCC(F)(F)F. The van der Waals surface area contributed by atoms with Crippen molar-refractivity contribution < 1.29 is 18.0 Å². The molecule has 0 aromatic rings. The van der Waals surface area contributed by atoms with Crippen LogP contribution in [-0.2, 0) is 4.79 Å². The van der Waals surface area contributed by atoms with Gasteiger partial charge in [0.25, 0.3) is 0 Å². The summed E-state index contributed by atoms with van der Waals surface area (Å²) in [7, 11) is 1.48. The van der Waals surface area contributed by atoms with E-state index in [1.165, 1.54) is 12.1 Å². The molecule has 0 fully saturated rings. The monoisotopic (exact) mass is 213 g/mol. The minimum Gasteiger partial charge on any atom is -0.370 e. The summed E-state index contributed by atoms with van der Waals surface area (Å²) in [5.74, 6) is -0.450. The largest absolute Gasteiger partial charge is 0.402 e. The lowest BCUT2D eigenvalue weighted by Crippen LogP contribution is -2.41. The first-order valence-electron chi connectivity index (χ1n) is 4.11. The van der Waals surface area contributed by atoms with Crippen LogP contribution in [0.1, 0.15) is 12.8 Å². The number of carbonyl (C=O) groups is 1. The van der Waals surface area contributed by atoms with Crippen molar-refractivity contribution in [1.29, 1.82) is 0 Å². The second kappa shape index (κ2) is 5.82. The fourth-order valence-electron chi connectivity index (χ4n) is 0.794. The first-order chi connectivity index (χ1) is 6.31. The second-order valence-corrected chi connectivity index (χ2v) is 2.94. The molecule has 3 N–H and O–H groups in total. The quantitative estimate of drug-likeness (QED) is 0.622. The van der Waals surface area contributed by atoms with Gasteiger partial charge in [0.15, 0.2) is 0 Å². The van der Waals surface area contributed by atoms with Gasteiger partial charge in [0, 0.05) is 20.0 Å². The maximum atomic E-state index is 11.7. The number of hydrogen-bond donors (Lipinski definition) is 2. The molecule has 0 rings (SSSR count). The summed E-state index contributed by atoms with van der Waals surface area (Å²) in [5.41, 5.74) is 7.02. The molecule has 0 aliphatic heterocycles. The van der Waals surface area contributed by atoms with Gasteiger partial charge in [-0.3, -0.25) is 4.79 Å². The summed E-state index contributed by atoms with van der Waals surface area (Å²) < 4.78 is 35.1.